The van der Waals surface area contributed by atoms with Crippen LogP contribution in [0.1, 0.15) is 73.6 Å². The molecule has 0 saturated heterocycles. The van der Waals surface area contributed by atoms with Gasteiger partial charge >= 0.3 is 5.97 Å². The summed E-state index contributed by atoms with van der Waals surface area (Å²) in [5.74, 6) is -0.861. The van der Waals surface area contributed by atoms with Crippen molar-refractivity contribution in [2.24, 2.45) is 34.5 Å². The van der Waals surface area contributed by atoms with Crippen LogP contribution in [0.3, 0.4) is 0 Å². The van der Waals surface area contributed by atoms with Crippen molar-refractivity contribution < 1.29 is 23.5 Å². The van der Waals surface area contributed by atoms with E-state index < -0.39 is 36.6 Å². The number of fused-ring (bicyclic) bond motifs is 1. The molecule has 3 aliphatic rings. The summed E-state index contributed by atoms with van der Waals surface area (Å²) in [6.45, 7) is 21.6. The predicted octanol–water partition coefficient (Wildman–Crippen LogP) is 6.50. The lowest BCUT2D eigenvalue weighted by atomic mass is 9.59. The number of alkyl halides is 1. The fourth-order valence-corrected chi connectivity index (χ4v) is 9.31. The average Bonchev–Trinajstić information content (AvgIpc) is 3.14. The summed E-state index contributed by atoms with van der Waals surface area (Å²) in [6, 6.07) is 0. The lowest BCUT2D eigenvalue weighted by Crippen LogP contribution is -2.53. The number of ether oxygens (including phenoxy) is 1. The number of Topliss-reactive ketones (excluding diaryl/α,β-unsaturated/α-hetero) is 2. The standard InChI is InChI=1S/C28H45BrO5Si/c1-16-12-11-13-27(5,6)18-15-20(31)28(7,21(16)18)22-17(14-19(30)23(22)29)24(25(32)33-8)34-35(9,10)26(2,3)4/h17-18,21-24H,1,11-15H2,2-10H3/t17-,18-,21-,22+,23+,24-,28-/m1/s1. The molecule has 35 heavy (non-hydrogen) atoms. The second-order valence-electron chi connectivity index (χ2n) is 13.6. The molecule has 3 saturated carbocycles. The minimum Gasteiger partial charge on any atom is -0.467 e. The van der Waals surface area contributed by atoms with Crippen LogP contribution in [0.2, 0.25) is 18.1 Å². The maximum atomic E-state index is 14.0. The average molecular weight is 570 g/mol. The molecule has 7 heteroatoms. The highest BCUT2D eigenvalue weighted by atomic mass is 79.9. The zero-order chi connectivity index (χ0) is 26.7. The Balaban J connectivity index is 2.13. The second kappa shape index (κ2) is 9.50. The maximum Gasteiger partial charge on any atom is 0.334 e. The summed E-state index contributed by atoms with van der Waals surface area (Å²) in [7, 11) is -1.01. The molecule has 0 heterocycles. The van der Waals surface area contributed by atoms with Gasteiger partial charge in [0.2, 0.25) is 0 Å². The van der Waals surface area contributed by atoms with E-state index in [9.17, 15) is 14.4 Å². The molecule has 3 fully saturated rings. The van der Waals surface area contributed by atoms with Gasteiger partial charge < -0.3 is 9.16 Å². The zero-order valence-electron chi connectivity index (χ0n) is 23.1. The van der Waals surface area contributed by atoms with Gasteiger partial charge in [0.1, 0.15) is 17.7 Å². The van der Waals surface area contributed by atoms with E-state index >= 15 is 0 Å². The van der Waals surface area contributed by atoms with E-state index in [0.29, 0.717) is 6.42 Å². The van der Waals surface area contributed by atoms with E-state index in [4.69, 9.17) is 9.16 Å². The molecule has 0 aromatic carbocycles. The topological polar surface area (TPSA) is 69.7 Å². The molecule has 5 nitrogen and oxygen atoms in total. The van der Waals surface area contributed by atoms with Crippen LogP contribution in [0.4, 0.5) is 0 Å². The largest absolute Gasteiger partial charge is 0.467 e. The van der Waals surface area contributed by atoms with Crippen LogP contribution in [-0.2, 0) is 23.5 Å². The van der Waals surface area contributed by atoms with Crippen LogP contribution in [0.15, 0.2) is 12.2 Å². The van der Waals surface area contributed by atoms with Crippen LogP contribution in [0.25, 0.3) is 0 Å². The molecule has 3 aliphatic carbocycles. The van der Waals surface area contributed by atoms with Gasteiger partial charge in [0.15, 0.2) is 8.32 Å². The van der Waals surface area contributed by atoms with Crippen LogP contribution in [0.5, 0.6) is 0 Å². The number of carbonyl (C=O) groups excluding carboxylic acids is 3. The number of hydrogen-bond donors (Lipinski definition) is 0. The molecular weight excluding hydrogens is 524 g/mol. The molecule has 0 N–H and O–H groups in total. The van der Waals surface area contributed by atoms with Gasteiger partial charge in [-0.1, -0.05) is 69.6 Å². The number of carbonyl (C=O) groups is 3. The molecule has 0 spiro atoms. The summed E-state index contributed by atoms with van der Waals surface area (Å²) in [5, 5.41) is -0.122. The Bertz CT molecular complexity index is 904. The molecule has 198 valence electrons. The summed E-state index contributed by atoms with van der Waals surface area (Å²) in [5.41, 5.74) is 0.334. The number of esters is 1. The number of halogens is 1. The van der Waals surface area contributed by atoms with E-state index in [2.05, 4.69) is 70.2 Å². The first kappa shape index (κ1) is 28.8. The van der Waals surface area contributed by atoms with Crippen LogP contribution >= 0.6 is 15.9 Å². The van der Waals surface area contributed by atoms with Crippen molar-refractivity contribution in [1.82, 2.24) is 0 Å². The minimum absolute atomic E-state index is 0.0108. The molecule has 0 bridgehead atoms. The number of allylic oxidation sites excluding steroid dienone is 1. The first-order valence-corrected chi connectivity index (χ1v) is 16.9. The molecule has 0 unspecified atom stereocenters. The van der Waals surface area contributed by atoms with E-state index in [0.717, 1.165) is 24.8 Å². The monoisotopic (exact) mass is 568 g/mol. The number of methoxy groups -OCH3 is 1. The third kappa shape index (κ3) is 4.79. The Morgan fingerprint density at radius 1 is 1.17 bits per heavy atom. The summed E-state index contributed by atoms with van der Waals surface area (Å²) >= 11 is 3.70. The molecule has 0 radical (unpaired) electrons. The van der Waals surface area contributed by atoms with Gasteiger partial charge in [-0.3, -0.25) is 9.59 Å². The fraction of sp³-hybridized carbons (Fsp3) is 0.821. The van der Waals surface area contributed by atoms with Gasteiger partial charge in [0.25, 0.3) is 0 Å². The highest BCUT2D eigenvalue weighted by Gasteiger charge is 2.66. The van der Waals surface area contributed by atoms with Crippen molar-refractivity contribution in [3.8, 4) is 0 Å². The Morgan fingerprint density at radius 3 is 2.31 bits per heavy atom. The van der Waals surface area contributed by atoms with E-state index in [1.165, 1.54) is 7.11 Å². The van der Waals surface area contributed by atoms with Gasteiger partial charge in [-0.25, -0.2) is 4.79 Å². The van der Waals surface area contributed by atoms with Gasteiger partial charge in [-0.2, -0.15) is 0 Å². The Labute approximate surface area is 221 Å². The Morgan fingerprint density at radius 2 is 1.77 bits per heavy atom. The third-order valence-corrected chi connectivity index (χ3v) is 15.6. The van der Waals surface area contributed by atoms with E-state index in [1.54, 1.807) is 0 Å². The quantitative estimate of drug-likeness (QED) is 0.164. The summed E-state index contributed by atoms with van der Waals surface area (Å²) in [6.07, 6.45) is 2.83. The summed E-state index contributed by atoms with van der Waals surface area (Å²) in [4.78, 5) is 39.9. The fourth-order valence-electron chi connectivity index (χ4n) is 6.92. The van der Waals surface area contributed by atoms with Crippen LogP contribution in [0, 0.1) is 34.5 Å². The molecule has 3 rings (SSSR count). The number of rotatable bonds is 5. The number of ketones is 2. The second-order valence-corrected chi connectivity index (χ2v) is 19.3. The van der Waals surface area contributed by atoms with Gasteiger partial charge in [-0.05, 0) is 60.6 Å². The molecule has 7 atom stereocenters. The highest BCUT2D eigenvalue weighted by molar-refractivity contribution is 9.10. The van der Waals surface area contributed by atoms with Crippen molar-refractivity contribution in [3.05, 3.63) is 12.2 Å². The van der Waals surface area contributed by atoms with Crippen molar-refractivity contribution in [1.29, 1.82) is 0 Å². The minimum atomic E-state index is -2.38. The predicted molar refractivity (Wildman–Crippen MR) is 145 cm³/mol. The lowest BCUT2D eigenvalue weighted by molar-refractivity contribution is -0.155. The van der Waals surface area contributed by atoms with Gasteiger partial charge in [-0.15, -0.1) is 0 Å². The van der Waals surface area contributed by atoms with Crippen molar-refractivity contribution in [2.45, 2.75) is 103 Å². The van der Waals surface area contributed by atoms with Crippen molar-refractivity contribution in [3.63, 3.8) is 0 Å². The molecule has 0 amide bonds. The first-order chi connectivity index (χ1) is 15.9. The van der Waals surface area contributed by atoms with Crippen LogP contribution < -0.4 is 0 Å². The normalized spacial score (nSPS) is 36.6. The van der Waals surface area contributed by atoms with Gasteiger partial charge in [0.05, 0.1) is 11.9 Å². The maximum absolute atomic E-state index is 14.0. The smallest absolute Gasteiger partial charge is 0.334 e. The van der Waals surface area contributed by atoms with Gasteiger partial charge in [0, 0.05) is 24.2 Å². The van der Waals surface area contributed by atoms with Crippen molar-refractivity contribution in [2.75, 3.05) is 7.11 Å². The van der Waals surface area contributed by atoms with E-state index in [-0.39, 0.29) is 46.2 Å². The molecular formula is C28H45BrO5Si. The lowest BCUT2D eigenvalue weighted by Gasteiger charge is -2.46. The molecule has 0 aromatic rings. The summed E-state index contributed by atoms with van der Waals surface area (Å²) < 4.78 is 11.9. The van der Waals surface area contributed by atoms with Crippen LogP contribution in [-0.4, -0.2) is 43.9 Å². The van der Waals surface area contributed by atoms with E-state index in [1.807, 2.05) is 6.92 Å². The number of hydrogen-bond acceptors (Lipinski definition) is 5. The first-order valence-electron chi connectivity index (χ1n) is 13.0. The van der Waals surface area contributed by atoms with Crippen molar-refractivity contribution >= 4 is 41.8 Å². The molecule has 0 aliphatic heterocycles. The Kier molecular flexibility index (Phi) is 7.81. The third-order valence-electron chi connectivity index (χ3n) is 10.1. The Hall–Kier alpha value is -0.793. The SMILES string of the molecule is C=C1CCCC(C)(C)[C@@H]2CC(=O)[C@@](C)([C@H]3[C@H]([C@@H](O[Si](C)(C)C(C)(C)C)C(=O)OC)CC(=O)[C@@H]3Br)[C@H]12. The highest BCUT2D eigenvalue weighted by Crippen LogP contribution is 2.64. The zero-order valence-corrected chi connectivity index (χ0v) is 25.7. The molecule has 0 aromatic heterocycles.